The molecule has 0 aliphatic carbocycles. The van der Waals surface area contributed by atoms with Crippen molar-refractivity contribution >= 4 is 27.6 Å². The molecule has 2 rings (SSSR count). The molecule has 0 saturated carbocycles. The van der Waals surface area contributed by atoms with Gasteiger partial charge in [0.2, 0.25) is 0 Å². The highest BCUT2D eigenvalue weighted by Crippen LogP contribution is 2.22. The van der Waals surface area contributed by atoms with Gasteiger partial charge in [0.25, 0.3) is 0 Å². The maximum atomic E-state index is 11.5. The Bertz CT molecular complexity index is 430. The van der Waals surface area contributed by atoms with Gasteiger partial charge in [-0.1, -0.05) is 15.9 Å². The minimum absolute atomic E-state index is 0.327. The molecule has 0 aromatic heterocycles. The van der Waals surface area contributed by atoms with Gasteiger partial charge in [0.05, 0.1) is 12.7 Å². The van der Waals surface area contributed by atoms with E-state index in [0.717, 1.165) is 36.2 Å². The molecule has 1 aromatic carbocycles. The van der Waals surface area contributed by atoms with Crippen LogP contribution in [0.15, 0.2) is 22.7 Å². The van der Waals surface area contributed by atoms with Crippen LogP contribution >= 0.6 is 15.9 Å². The Kier molecular flexibility index (Phi) is 4.60. The molecule has 1 fully saturated rings. The average Bonchev–Trinajstić information content (AvgIpc) is 2.38. The van der Waals surface area contributed by atoms with Crippen LogP contribution in [0.2, 0.25) is 0 Å². The molecular weight excluding hydrogens is 298 g/mol. The number of benzene rings is 1. The minimum Gasteiger partial charge on any atom is -0.465 e. The van der Waals surface area contributed by atoms with Crippen LogP contribution in [0.1, 0.15) is 23.2 Å². The van der Waals surface area contributed by atoms with Crippen LogP contribution in [0.4, 0.5) is 5.69 Å². The first kappa shape index (κ1) is 13.4. The Balaban J connectivity index is 2.11. The van der Waals surface area contributed by atoms with Gasteiger partial charge < -0.3 is 14.8 Å². The van der Waals surface area contributed by atoms with Crippen molar-refractivity contribution in [2.45, 2.75) is 18.9 Å². The second-order valence-corrected chi connectivity index (χ2v) is 5.17. The van der Waals surface area contributed by atoms with E-state index in [9.17, 15) is 4.79 Å². The van der Waals surface area contributed by atoms with Gasteiger partial charge in [0, 0.05) is 29.4 Å². The third-order valence-electron chi connectivity index (χ3n) is 2.91. The molecule has 0 unspecified atom stereocenters. The Morgan fingerprint density at radius 3 is 2.78 bits per heavy atom. The molecule has 98 valence electrons. The number of methoxy groups -OCH3 is 1. The van der Waals surface area contributed by atoms with Crippen LogP contribution in [0, 0.1) is 0 Å². The van der Waals surface area contributed by atoms with Gasteiger partial charge in [-0.25, -0.2) is 4.79 Å². The van der Waals surface area contributed by atoms with Crippen LogP contribution in [0.25, 0.3) is 0 Å². The van der Waals surface area contributed by atoms with E-state index in [2.05, 4.69) is 21.2 Å². The van der Waals surface area contributed by atoms with Gasteiger partial charge >= 0.3 is 5.97 Å². The van der Waals surface area contributed by atoms with E-state index in [1.54, 1.807) is 6.07 Å². The van der Waals surface area contributed by atoms with Crippen molar-refractivity contribution in [1.82, 2.24) is 0 Å². The van der Waals surface area contributed by atoms with Crippen LogP contribution in [-0.4, -0.2) is 32.3 Å². The van der Waals surface area contributed by atoms with Crippen molar-refractivity contribution < 1.29 is 14.3 Å². The Morgan fingerprint density at radius 2 is 2.11 bits per heavy atom. The van der Waals surface area contributed by atoms with E-state index in [0.29, 0.717) is 11.6 Å². The number of anilines is 1. The summed E-state index contributed by atoms with van der Waals surface area (Å²) in [5.41, 5.74) is 1.47. The van der Waals surface area contributed by atoms with E-state index in [4.69, 9.17) is 9.47 Å². The van der Waals surface area contributed by atoms with E-state index >= 15 is 0 Å². The van der Waals surface area contributed by atoms with Crippen molar-refractivity contribution in [2.75, 3.05) is 25.6 Å². The van der Waals surface area contributed by atoms with Crippen LogP contribution in [0.5, 0.6) is 0 Å². The maximum Gasteiger partial charge on any atom is 0.337 e. The van der Waals surface area contributed by atoms with Crippen LogP contribution < -0.4 is 5.32 Å². The highest BCUT2D eigenvalue weighted by molar-refractivity contribution is 9.10. The molecule has 0 spiro atoms. The first-order chi connectivity index (χ1) is 8.69. The molecule has 1 saturated heterocycles. The molecular formula is C13H16BrNO3. The van der Waals surface area contributed by atoms with Crippen molar-refractivity contribution in [3.63, 3.8) is 0 Å². The Labute approximate surface area is 115 Å². The van der Waals surface area contributed by atoms with Crippen molar-refractivity contribution in [3.8, 4) is 0 Å². The van der Waals surface area contributed by atoms with E-state index in [1.165, 1.54) is 7.11 Å². The Morgan fingerprint density at radius 1 is 1.39 bits per heavy atom. The number of nitrogens with one attached hydrogen (secondary N) is 1. The number of esters is 1. The summed E-state index contributed by atoms with van der Waals surface area (Å²) in [6, 6.07) is 5.92. The molecule has 18 heavy (non-hydrogen) atoms. The summed E-state index contributed by atoms with van der Waals surface area (Å²) in [5, 5.41) is 3.42. The molecule has 0 radical (unpaired) electrons. The smallest absolute Gasteiger partial charge is 0.337 e. The SMILES string of the molecule is COC(=O)c1cc(Br)cc(NC2CCOCC2)c1. The highest BCUT2D eigenvalue weighted by atomic mass is 79.9. The topological polar surface area (TPSA) is 47.6 Å². The first-order valence-electron chi connectivity index (χ1n) is 5.92. The number of carbonyl (C=O) groups excluding carboxylic acids is 1. The van der Waals surface area contributed by atoms with E-state index in [-0.39, 0.29) is 5.97 Å². The maximum absolute atomic E-state index is 11.5. The zero-order valence-electron chi connectivity index (χ0n) is 10.2. The molecule has 1 aliphatic heterocycles. The lowest BCUT2D eigenvalue weighted by Gasteiger charge is -2.24. The number of hydrogen-bond acceptors (Lipinski definition) is 4. The number of rotatable bonds is 3. The summed E-state index contributed by atoms with van der Waals surface area (Å²) in [4.78, 5) is 11.5. The predicted molar refractivity (Wildman–Crippen MR) is 72.9 cm³/mol. The number of halogens is 1. The molecule has 5 heteroatoms. The second-order valence-electron chi connectivity index (χ2n) is 4.25. The summed E-state index contributed by atoms with van der Waals surface area (Å²) >= 11 is 3.40. The third kappa shape index (κ3) is 3.46. The predicted octanol–water partition coefficient (Wildman–Crippen LogP) is 2.83. The largest absolute Gasteiger partial charge is 0.465 e. The van der Waals surface area contributed by atoms with Gasteiger partial charge in [-0.15, -0.1) is 0 Å². The fourth-order valence-corrected chi connectivity index (χ4v) is 2.48. The van der Waals surface area contributed by atoms with E-state index < -0.39 is 0 Å². The molecule has 0 amide bonds. The van der Waals surface area contributed by atoms with Crippen molar-refractivity contribution in [2.24, 2.45) is 0 Å². The summed E-state index contributed by atoms with van der Waals surface area (Å²) < 4.78 is 10.9. The summed E-state index contributed by atoms with van der Waals surface area (Å²) in [5.74, 6) is -0.327. The van der Waals surface area contributed by atoms with Crippen molar-refractivity contribution in [1.29, 1.82) is 0 Å². The fourth-order valence-electron chi connectivity index (χ4n) is 1.99. The monoisotopic (exact) mass is 313 g/mol. The lowest BCUT2D eigenvalue weighted by Crippen LogP contribution is -2.27. The molecule has 0 atom stereocenters. The van der Waals surface area contributed by atoms with Gasteiger partial charge in [-0.2, -0.15) is 0 Å². The van der Waals surface area contributed by atoms with Crippen LogP contribution in [-0.2, 0) is 9.47 Å². The number of hydrogen-bond donors (Lipinski definition) is 1. The summed E-state index contributed by atoms with van der Waals surface area (Å²) in [7, 11) is 1.38. The van der Waals surface area contributed by atoms with Crippen molar-refractivity contribution in [3.05, 3.63) is 28.2 Å². The molecule has 1 aliphatic rings. The second kappa shape index (κ2) is 6.20. The molecule has 4 nitrogen and oxygen atoms in total. The first-order valence-corrected chi connectivity index (χ1v) is 6.71. The molecule has 1 N–H and O–H groups in total. The van der Waals surface area contributed by atoms with E-state index in [1.807, 2.05) is 12.1 Å². The number of carbonyl (C=O) groups is 1. The minimum atomic E-state index is -0.327. The third-order valence-corrected chi connectivity index (χ3v) is 3.37. The molecule has 1 heterocycles. The number of ether oxygens (including phenoxy) is 2. The lowest BCUT2D eigenvalue weighted by atomic mass is 10.1. The zero-order chi connectivity index (χ0) is 13.0. The zero-order valence-corrected chi connectivity index (χ0v) is 11.8. The standard InChI is InChI=1S/C13H16BrNO3/c1-17-13(16)9-6-10(14)8-12(7-9)15-11-2-4-18-5-3-11/h6-8,11,15H,2-5H2,1H3. The quantitative estimate of drug-likeness (QED) is 0.872. The van der Waals surface area contributed by atoms with Gasteiger partial charge in [-0.05, 0) is 31.0 Å². The summed E-state index contributed by atoms with van der Waals surface area (Å²) in [6.07, 6.45) is 1.97. The van der Waals surface area contributed by atoms with Gasteiger partial charge in [0.1, 0.15) is 0 Å². The van der Waals surface area contributed by atoms with Crippen LogP contribution in [0.3, 0.4) is 0 Å². The molecule has 1 aromatic rings. The highest BCUT2D eigenvalue weighted by Gasteiger charge is 2.15. The molecule has 0 bridgehead atoms. The van der Waals surface area contributed by atoms with Gasteiger partial charge in [0.15, 0.2) is 0 Å². The summed E-state index contributed by atoms with van der Waals surface area (Å²) in [6.45, 7) is 1.57. The van der Waals surface area contributed by atoms with Gasteiger partial charge in [-0.3, -0.25) is 0 Å². The fraction of sp³-hybridized carbons (Fsp3) is 0.462. The lowest BCUT2D eigenvalue weighted by molar-refractivity contribution is 0.0600. The Hall–Kier alpha value is -1.07. The normalized spacial score (nSPS) is 16.3. The average molecular weight is 314 g/mol.